The van der Waals surface area contributed by atoms with Crippen molar-refractivity contribution in [3.8, 4) is 0 Å². The summed E-state index contributed by atoms with van der Waals surface area (Å²) < 4.78 is 53.5. The molecular formula is C13H13F4N5. The van der Waals surface area contributed by atoms with E-state index in [2.05, 4.69) is 20.5 Å². The first-order chi connectivity index (χ1) is 10.4. The van der Waals surface area contributed by atoms with Crippen LogP contribution >= 0.6 is 0 Å². The quantitative estimate of drug-likeness (QED) is 0.885. The van der Waals surface area contributed by atoms with Crippen LogP contribution in [0.2, 0.25) is 0 Å². The van der Waals surface area contributed by atoms with Crippen molar-refractivity contribution in [3.05, 3.63) is 35.8 Å². The topological polar surface area (TPSA) is 55.6 Å². The van der Waals surface area contributed by atoms with E-state index in [4.69, 9.17) is 0 Å². The second-order valence-corrected chi connectivity index (χ2v) is 5.11. The molecule has 1 N–H and O–H groups in total. The van der Waals surface area contributed by atoms with E-state index in [1.54, 1.807) is 0 Å². The van der Waals surface area contributed by atoms with Crippen LogP contribution in [0.3, 0.4) is 0 Å². The van der Waals surface area contributed by atoms with E-state index < -0.39 is 17.9 Å². The minimum absolute atomic E-state index is 0.0178. The lowest BCUT2D eigenvalue weighted by Gasteiger charge is -2.26. The van der Waals surface area contributed by atoms with Gasteiger partial charge in [-0.25, -0.2) is 9.37 Å². The van der Waals surface area contributed by atoms with Crippen molar-refractivity contribution in [2.24, 2.45) is 5.92 Å². The predicted molar refractivity (Wildman–Crippen MR) is 69.4 cm³/mol. The van der Waals surface area contributed by atoms with Crippen LogP contribution in [-0.4, -0.2) is 25.9 Å². The van der Waals surface area contributed by atoms with Crippen molar-refractivity contribution < 1.29 is 17.6 Å². The maximum atomic E-state index is 13.5. The summed E-state index contributed by atoms with van der Waals surface area (Å²) in [6, 6.07) is 2.70. The SMILES string of the molecule is Fc1cccnc1NCc1nnc2n1CC(C(F)(F)F)CC2. The van der Waals surface area contributed by atoms with Crippen LogP contribution in [0, 0.1) is 11.7 Å². The number of nitrogens with one attached hydrogen (secondary N) is 1. The summed E-state index contributed by atoms with van der Waals surface area (Å²) in [5.74, 6) is -1.04. The highest BCUT2D eigenvalue weighted by Gasteiger charge is 2.42. The lowest BCUT2D eigenvalue weighted by atomic mass is 9.99. The maximum absolute atomic E-state index is 13.5. The van der Waals surface area contributed by atoms with Crippen molar-refractivity contribution in [1.29, 1.82) is 0 Å². The second-order valence-electron chi connectivity index (χ2n) is 5.11. The molecule has 0 fully saturated rings. The minimum Gasteiger partial charge on any atom is -0.360 e. The minimum atomic E-state index is -4.24. The van der Waals surface area contributed by atoms with E-state index in [0.717, 1.165) is 0 Å². The summed E-state index contributed by atoms with van der Waals surface area (Å²) in [6.07, 6.45) is -2.57. The second kappa shape index (κ2) is 5.54. The number of hydrogen-bond donors (Lipinski definition) is 1. The average molecular weight is 315 g/mol. The molecule has 2 aromatic heterocycles. The zero-order valence-electron chi connectivity index (χ0n) is 11.4. The summed E-state index contributed by atoms with van der Waals surface area (Å²) in [6.45, 7) is -0.140. The van der Waals surface area contributed by atoms with Crippen molar-refractivity contribution in [2.45, 2.75) is 32.1 Å². The summed E-state index contributed by atoms with van der Waals surface area (Å²) in [5, 5.41) is 10.5. The van der Waals surface area contributed by atoms with Gasteiger partial charge in [0.05, 0.1) is 12.5 Å². The Kier molecular flexibility index (Phi) is 3.71. The van der Waals surface area contributed by atoms with Gasteiger partial charge in [0.1, 0.15) is 5.82 Å². The highest BCUT2D eigenvalue weighted by Crippen LogP contribution is 2.34. The number of fused-ring (bicyclic) bond motifs is 1. The Bertz CT molecular complexity index is 667. The molecule has 0 saturated carbocycles. The molecule has 1 aliphatic rings. The molecule has 0 bridgehead atoms. The molecule has 3 rings (SSSR count). The maximum Gasteiger partial charge on any atom is 0.393 e. The van der Waals surface area contributed by atoms with E-state index in [0.29, 0.717) is 11.6 Å². The molecule has 0 radical (unpaired) electrons. The van der Waals surface area contributed by atoms with Gasteiger partial charge in [0.25, 0.3) is 0 Å². The van der Waals surface area contributed by atoms with Crippen molar-refractivity contribution in [3.63, 3.8) is 0 Å². The first-order valence-electron chi connectivity index (χ1n) is 6.77. The number of nitrogens with zero attached hydrogens (tertiary/aromatic N) is 4. The number of aromatic nitrogens is 4. The van der Waals surface area contributed by atoms with Gasteiger partial charge in [0, 0.05) is 19.2 Å². The molecule has 22 heavy (non-hydrogen) atoms. The lowest BCUT2D eigenvalue weighted by molar-refractivity contribution is -0.182. The Labute approximate surface area is 123 Å². The molecule has 9 heteroatoms. The van der Waals surface area contributed by atoms with Crippen LogP contribution in [0.4, 0.5) is 23.4 Å². The molecule has 118 valence electrons. The number of rotatable bonds is 3. The lowest BCUT2D eigenvalue weighted by Crippen LogP contribution is -2.33. The van der Waals surface area contributed by atoms with Crippen LogP contribution in [0.5, 0.6) is 0 Å². The summed E-state index contributed by atoms with van der Waals surface area (Å²) in [5.41, 5.74) is 0. The standard InChI is InChI=1S/C13H13F4N5/c14-9-2-1-5-18-12(9)19-6-11-21-20-10-4-3-8(7-22(10)11)13(15,16)17/h1-2,5,8H,3-4,6-7H2,(H,18,19). The Morgan fingerprint density at radius 2 is 2.14 bits per heavy atom. The number of anilines is 1. The fourth-order valence-corrected chi connectivity index (χ4v) is 2.46. The van der Waals surface area contributed by atoms with Gasteiger partial charge in [-0.3, -0.25) is 0 Å². The third-order valence-electron chi connectivity index (χ3n) is 3.66. The van der Waals surface area contributed by atoms with Crippen molar-refractivity contribution >= 4 is 5.82 Å². The van der Waals surface area contributed by atoms with Crippen molar-refractivity contribution in [2.75, 3.05) is 5.32 Å². The molecule has 3 heterocycles. The van der Waals surface area contributed by atoms with E-state index in [1.807, 2.05) is 0 Å². The first-order valence-corrected chi connectivity index (χ1v) is 6.77. The zero-order chi connectivity index (χ0) is 15.7. The van der Waals surface area contributed by atoms with Gasteiger partial charge in [-0.1, -0.05) is 0 Å². The number of pyridine rings is 1. The van der Waals surface area contributed by atoms with Gasteiger partial charge < -0.3 is 9.88 Å². The fraction of sp³-hybridized carbons (Fsp3) is 0.462. The molecule has 0 saturated heterocycles. The molecule has 0 spiro atoms. The van der Waals surface area contributed by atoms with E-state index in [1.165, 1.54) is 22.9 Å². The van der Waals surface area contributed by atoms with Crippen LogP contribution < -0.4 is 5.32 Å². The number of hydrogen-bond acceptors (Lipinski definition) is 4. The predicted octanol–water partition coefficient (Wildman–Crippen LogP) is 2.55. The Morgan fingerprint density at radius 3 is 2.86 bits per heavy atom. The summed E-state index contributed by atoms with van der Waals surface area (Å²) >= 11 is 0. The monoisotopic (exact) mass is 315 g/mol. The number of aryl methyl sites for hydroxylation is 1. The Balaban J connectivity index is 1.75. The summed E-state index contributed by atoms with van der Waals surface area (Å²) in [4.78, 5) is 3.82. The van der Waals surface area contributed by atoms with E-state index >= 15 is 0 Å². The van der Waals surface area contributed by atoms with E-state index in [9.17, 15) is 17.6 Å². The molecule has 0 aliphatic carbocycles. The van der Waals surface area contributed by atoms with Gasteiger partial charge >= 0.3 is 6.18 Å². The normalized spacial score (nSPS) is 18.1. The zero-order valence-corrected chi connectivity index (χ0v) is 11.4. The number of halogens is 4. The molecule has 0 aromatic carbocycles. The first kappa shape index (κ1) is 14.7. The Hall–Kier alpha value is -2.19. The van der Waals surface area contributed by atoms with Gasteiger partial charge in [-0.15, -0.1) is 10.2 Å². The van der Waals surface area contributed by atoms with Gasteiger partial charge in [-0.05, 0) is 18.6 Å². The molecule has 1 unspecified atom stereocenters. The highest BCUT2D eigenvalue weighted by atomic mass is 19.4. The van der Waals surface area contributed by atoms with Crippen LogP contribution in [-0.2, 0) is 19.5 Å². The van der Waals surface area contributed by atoms with E-state index in [-0.39, 0.29) is 31.7 Å². The molecule has 0 amide bonds. The van der Waals surface area contributed by atoms with Crippen LogP contribution in [0.25, 0.3) is 0 Å². The molecule has 2 aromatic rings. The Morgan fingerprint density at radius 1 is 1.32 bits per heavy atom. The summed E-state index contributed by atoms with van der Waals surface area (Å²) in [7, 11) is 0. The number of alkyl halides is 3. The fourth-order valence-electron chi connectivity index (χ4n) is 2.46. The smallest absolute Gasteiger partial charge is 0.360 e. The third kappa shape index (κ3) is 2.88. The van der Waals surface area contributed by atoms with Crippen molar-refractivity contribution in [1.82, 2.24) is 19.7 Å². The third-order valence-corrected chi connectivity index (χ3v) is 3.66. The highest BCUT2D eigenvalue weighted by molar-refractivity contribution is 5.35. The average Bonchev–Trinajstić information content (AvgIpc) is 2.88. The van der Waals surface area contributed by atoms with Gasteiger partial charge in [0.2, 0.25) is 0 Å². The van der Waals surface area contributed by atoms with Crippen LogP contribution in [0.15, 0.2) is 18.3 Å². The van der Waals surface area contributed by atoms with Gasteiger partial charge in [0.15, 0.2) is 17.5 Å². The largest absolute Gasteiger partial charge is 0.393 e. The molecule has 1 aliphatic heterocycles. The molecular weight excluding hydrogens is 302 g/mol. The molecule has 5 nitrogen and oxygen atoms in total. The van der Waals surface area contributed by atoms with Gasteiger partial charge in [-0.2, -0.15) is 13.2 Å². The van der Waals surface area contributed by atoms with Crippen LogP contribution in [0.1, 0.15) is 18.1 Å². The molecule has 1 atom stereocenters.